The molecule has 1 amide bonds. The number of carbonyl (C=O) groups excluding carboxylic acids is 2. The number of rotatable bonds is 10. The molecule has 0 saturated heterocycles. The first-order valence-corrected chi connectivity index (χ1v) is 9.53. The van der Waals surface area contributed by atoms with Crippen LogP contribution in [0.1, 0.15) is 26.3 Å². The first-order chi connectivity index (χ1) is 14.7. The van der Waals surface area contributed by atoms with Crippen molar-refractivity contribution in [2.75, 3.05) is 13.7 Å². The summed E-state index contributed by atoms with van der Waals surface area (Å²) < 4.78 is 11.0. The molecule has 1 unspecified atom stereocenters. The minimum Gasteiger partial charge on any atom is -0.494 e. The van der Waals surface area contributed by atoms with Crippen molar-refractivity contribution in [3.63, 3.8) is 0 Å². The number of carbonyl (C=O) groups is 3. The van der Waals surface area contributed by atoms with E-state index in [9.17, 15) is 4.79 Å². The van der Waals surface area contributed by atoms with Crippen molar-refractivity contribution in [1.29, 1.82) is 0 Å². The molecule has 0 aliphatic rings. The number of hydrogen-bond donors (Lipinski definition) is 3. The van der Waals surface area contributed by atoms with Gasteiger partial charge in [-0.05, 0) is 44.0 Å². The van der Waals surface area contributed by atoms with Crippen molar-refractivity contribution in [3.05, 3.63) is 70.6 Å². The van der Waals surface area contributed by atoms with Crippen LogP contribution in [0.5, 0.6) is 0 Å². The lowest BCUT2D eigenvalue weighted by molar-refractivity contribution is -0.123. The van der Waals surface area contributed by atoms with Gasteiger partial charge in [0.05, 0.1) is 25.5 Å². The first-order valence-electron chi connectivity index (χ1n) is 9.15. The Hall–Kier alpha value is -3.10. The fourth-order valence-electron chi connectivity index (χ4n) is 1.88. The third-order valence-corrected chi connectivity index (χ3v) is 3.90. The lowest BCUT2D eigenvalue weighted by Crippen LogP contribution is -2.27. The van der Waals surface area contributed by atoms with Gasteiger partial charge in [-0.25, -0.2) is 0 Å². The molecular weight excluding hydrogens is 424 g/mol. The third kappa shape index (κ3) is 15.4. The Balaban J connectivity index is 0. The monoisotopic (exact) mass is 454 g/mol. The van der Waals surface area contributed by atoms with E-state index in [4.69, 9.17) is 35.8 Å². The van der Waals surface area contributed by atoms with E-state index in [1.807, 2.05) is 38.1 Å². The molecule has 0 fully saturated rings. The predicted molar refractivity (Wildman–Crippen MR) is 121 cm³/mol. The number of carboxylic acid groups (broad SMARTS) is 1. The van der Waals surface area contributed by atoms with Gasteiger partial charge in [-0.2, -0.15) is 0 Å². The highest BCUT2D eigenvalue weighted by Crippen LogP contribution is 2.12. The van der Waals surface area contributed by atoms with Crippen LogP contribution in [0.3, 0.4) is 0 Å². The maximum absolute atomic E-state index is 11.9. The van der Waals surface area contributed by atoms with Gasteiger partial charge in [0.25, 0.3) is 6.47 Å². The molecule has 4 N–H and O–H groups in total. The summed E-state index contributed by atoms with van der Waals surface area (Å²) in [6.45, 7) is 10.3. The summed E-state index contributed by atoms with van der Waals surface area (Å²) in [6, 6.07) is 7.54. The summed E-state index contributed by atoms with van der Waals surface area (Å²) in [4.78, 5) is 28.9. The van der Waals surface area contributed by atoms with Gasteiger partial charge >= 0.3 is 0 Å². The van der Waals surface area contributed by atoms with Crippen LogP contribution in [0.4, 0.5) is 0 Å². The molecule has 9 heteroatoms. The van der Waals surface area contributed by atoms with Gasteiger partial charge < -0.3 is 25.6 Å². The number of nitrogens with two attached hydrogens (primary N) is 1. The molecule has 1 rings (SSSR count). The Morgan fingerprint density at radius 1 is 1.32 bits per heavy atom. The fourth-order valence-corrected chi connectivity index (χ4v) is 2.00. The second-order valence-electron chi connectivity index (χ2n) is 5.90. The summed E-state index contributed by atoms with van der Waals surface area (Å²) in [7, 11) is 1.51. The minimum atomic E-state index is -0.250. The van der Waals surface area contributed by atoms with E-state index in [1.54, 1.807) is 13.0 Å². The molecule has 172 valence electrons. The van der Waals surface area contributed by atoms with E-state index in [0.29, 0.717) is 35.2 Å². The molecular formula is C22H31ClN2O6. The summed E-state index contributed by atoms with van der Waals surface area (Å²) in [6.07, 6.45) is 3.40. The van der Waals surface area contributed by atoms with Crippen LogP contribution in [0.15, 0.2) is 60.0 Å². The molecule has 0 heterocycles. The van der Waals surface area contributed by atoms with E-state index < -0.39 is 0 Å². The Labute approximate surface area is 188 Å². The van der Waals surface area contributed by atoms with Gasteiger partial charge in [0, 0.05) is 17.6 Å². The number of methoxy groups -OCH3 is 1. The molecule has 0 saturated carbocycles. The number of halogens is 1. The van der Waals surface area contributed by atoms with Crippen molar-refractivity contribution < 1.29 is 29.0 Å². The second-order valence-corrected chi connectivity index (χ2v) is 6.33. The van der Waals surface area contributed by atoms with Gasteiger partial charge in [0.2, 0.25) is 6.41 Å². The first kappa shape index (κ1) is 30.1. The molecule has 0 aliphatic heterocycles. The quantitative estimate of drug-likeness (QED) is 0.214. The van der Waals surface area contributed by atoms with Gasteiger partial charge in [0.15, 0.2) is 5.78 Å². The zero-order valence-electron chi connectivity index (χ0n) is 18.3. The van der Waals surface area contributed by atoms with Gasteiger partial charge in [-0.15, -0.1) is 0 Å². The molecule has 0 spiro atoms. The van der Waals surface area contributed by atoms with Crippen LogP contribution in [-0.4, -0.2) is 43.5 Å². The molecule has 0 aliphatic carbocycles. The van der Waals surface area contributed by atoms with Crippen LogP contribution in [-0.2, 0) is 30.5 Å². The number of hydrogen-bond acceptors (Lipinski definition) is 6. The van der Waals surface area contributed by atoms with Crippen LogP contribution in [0, 0.1) is 0 Å². The van der Waals surface area contributed by atoms with Crippen molar-refractivity contribution >= 4 is 30.3 Å². The highest BCUT2D eigenvalue weighted by atomic mass is 35.5. The smallest absolute Gasteiger partial charge is 0.290 e. The lowest BCUT2D eigenvalue weighted by atomic mass is 10.1. The fraction of sp³-hybridized carbons (Fsp3) is 0.318. The van der Waals surface area contributed by atoms with E-state index in [2.05, 4.69) is 17.6 Å². The van der Waals surface area contributed by atoms with Crippen molar-refractivity contribution in [1.82, 2.24) is 5.32 Å². The van der Waals surface area contributed by atoms with Gasteiger partial charge in [0.1, 0.15) is 5.76 Å². The maximum atomic E-state index is 11.9. The number of ketones is 1. The van der Waals surface area contributed by atoms with E-state index in [0.717, 1.165) is 5.56 Å². The SMILES string of the molecule is C=C(NCC(C)OCc1ccc(Cl)cc1)/C(=C/C(=O)/C(C)=C/C)OC.NC=O.O=CO. The number of ether oxygens (including phenoxy) is 2. The number of primary amides is 1. The topological polar surface area (TPSA) is 128 Å². The highest BCUT2D eigenvalue weighted by Gasteiger charge is 2.09. The zero-order valence-corrected chi connectivity index (χ0v) is 19.0. The molecule has 0 aromatic heterocycles. The highest BCUT2D eigenvalue weighted by molar-refractivity contribution is 6.30. The summed E-state index contributed by atoms with van der Waals surface area (Å²) >= 11 is 5.86. The summed E-state index contributed by atoms with van der Waals surface area (Å²) in [5, 5.41) is 10.7. The normalized spacial score (nSPS) is 11.5. The molecule has 1 atom stereocenters. The van der Waals surface area contributed by atoms with Crippen LogP contribution < -0.4 is 11.1 Å². The van der Waals surface area contributed by atoms with Gasteiger partial charge in [-0.3, -0.25) is 14.4 Å². The lowest BCUT2D eigenvalue weighted by Gasteiger charge is -2.17. The molecule has 31 heavy (non-hydrogen) atoms. The number of amides is 1. The molecule has 8 nitrogen and oxygen atoms in total. The van der Waals surface area contributed by atoms with Crippen LogP contribution in [0.25, 0.3) is 0 Å². The average Bonchev–Trinajstić information content (AvgIpc) is 2.75. The Kier molecular flexibility index (Phi) is 18.3. The molecule has 0 radical (unpaired) electrons. The number of allylic oxidation sites excluding steroid dienone is 3. The Bertz CT molecular complexity index is 739. The summed E-state index contributed by atoms with van der Waals surface area (Å²) in [5.41, 5.74) is 6.42. The molecule has 0 bridgehead atoms. The molecule has 1 aromatic carbocycles. The van der Waals surface area contributed by atoms with Crippen molar-refractivity contribution in [2.24, 2.45) is 5.73 Å². The maximum Gasteiger partial charge on any atom is 0.290 e. The third-order valence-electron chi connectivity index (χ3n) is 3.65. The Morgan fingerprint density at radius 2 is 1.84 bits per heavy atom. The largest absolute Gasteiger partial charge is 0.494 e. The van der Waals surface area contributed by atoms with E-state index in [-0.39, 0.29) is 24.8 Å². The predicted octanol–water partition coefficient (Wildman–Crippen LogP) is 3.22. The van der Waals surface area contributed by atoms with E-state index >= 15 is 0 Å². The second kappa shape index (κ2) is 18.9. The zero-order chi connectivity index (χ0) is 24.2. The number of benzene rings is 1. The number of nitrogens with one attached hydrogen (secondary N) is 1. The standard InChI is InChI=1S/C20H26ClNO3.CH3NO.CH2O2/c1-6-14(2)19(23)11-20(24-5)16(4)22-12-15(3)25-13-17-7-9-18(21)10-8-17;2*2-1-3/h6-11,15,22H,4,12-13H2,1-3,5H3;1H,(H2,2,3);1H,(H,2,3)/b14-6+,20-11-;;. The van der Waals surface area contributed by atoms with Crippen molar-refractivity contribution in [2.45, 2.75) is 33.5 Å². The molecule has 1 aromatic rings. The summed E-state index contributed by atoms with van der Waals surface area (Å²) in [5.74, 6) is 0.311. The van der Waals surface area contributed by atoms with Crippen LogP contribution in [0.2, 0.25) is 5.02 Å². The minimum absolute atomic E-state index is 0.0430. The Morgan fingerprint density at radius 3 is 2.29 bits per heavy atom. The van der Waals surface area contributed by atoms with Crippen molar-refractivity contribution in [3.8, 4) is 0 Å². The van der Waals surface area contributed by atoms with Crippen LogP contribution >= 0.6 is 11.6 Å². The van der Waals surface area contributed by atoms with E-state index in [1.165, 1.54) is 13.2 Å². The van der Waals surface area contributed by atoms with Gasteiger partial charge in [-0.1, -0.05) is 36.4 Å². The average molecular weight is 455 g/mol.